The van der Waals surface area contributed by atoms with Crippen LogP contribution in [0, 0.1) is 13.8 Å². The highest BCUT2D eigenvalue weighted by molar-refractivity contribution is 5.45. The maximum Gasteiger partial charge on any atom is 0.124 e. The molecule has 1 fully saturated rings. The molecule has 1 aromatic carbocycles. The van der Waals surface area contributed by atoms with Gasteiger partial charge in [-0.2, -0.15) is 0 Å². The maximum atomic E-state index is 5.48. The van der Waals surface area contributed by atoms with E-state index in [0.29, 0.717) is 6.04 Å². The second-order valence-electron chi connectivity index (χ2n) is 4.35. The molecule has 1 aliphatic heterocycles. The van der Waals surface area contributed by atoms with Gasteiger partial charge < -0.3 is 10.1 Å². The van der Waals surface area contributed by atoms with Gasteiger partial charge in [0.05, 0.1) is 7.11 Å². The average molecular weight is 205 g/mol. The summed E-state index contributed by atoms with van der Waals surface area (Å²) < 4.78 is 5.48. The molecular formula is C13H19NO. The first-order chi connectivity index (χ1) is 7.22. The normalized spacial score (nSPS) is 20.6. The van der Waals surface area contributed by atoms with Crippen LogP contribution < -0.4 is 10.1 Å². The molecule has 0 amide bonds. The number of ether oxygens (including phenoxy) is 1. The van der Waals surface area contributed by atoms with E-state index in [-0.39, 0.29) is 0 Å². The Kier molecular flexibility index (Phi) is 2.96. The van der Waals surface area contributed by atoms with Crippen LogP contribution in [0.15, 0.2) is 12.1 Å². The number of hydrogen-bond donors (Lipinski definition) is 1. The van der Waals surface area contributed by atoms with Crippen molar-refractivity contribution in [3.05, 3.63) is 28.8 Å². The predicted octanol–water partition coefficient (Wildman–Crippen LogP) is 2.74. The summed E-state index contributed by atoms with van der Waals surface area (Å²) in [6.07, 6.45) is 2.49. The van der Waals surface area contributed by atoms with Gasteiger partial charge in [0.15, 0.2) is 0 Å². The Morgan fingerprint density at radius 1 is 1.33 bits per heavy atom. The molecule has 82 valence electrons. The van der Waals surface area contributed by atoms with Crippen molar-refractivity contribution in [2.24, 2.45) is 0 Å². The zero-order valence-electron chi connectivity index (χ0n) is 9.76. The third kappa shape index (κ3) is 2.00. The van der Waals surface area contributed by atoms with Crippen LogP contribution in [0.3, 0.4) is 0 Å². The van der Waals surface area contributed by atoms with Crippen LogP contribution in [-0.2, 0) is 0 Å². The maximum absolute atomic E-state index is 5.48. The van der Waals surface area contributed by atoms with Gasteiger partial charge in [0.25, 0.3) is 0 Å². The Labute approximate surface area is 91.6 Å². The standard InChI is InChI=1S/C13H19NO/c1-9-7-10(2)13(12(8-9)15-3)11-5-4-6-14-11/h7-8,11,14H,4-6H2,1-3H3/t11-/m1/s1. The average Bonchev–Trinajstić information content (AvgIpc) is 2.69. The molecule has 0 aromatic heterocycles. The van der Waals surface area contributed by atoms with Gasteiger partial charge in [0.1, 0.15) is 5.75 Å². The summed E-state index contributed by atoms with van der Waals surface area (Å²) >= 11 is 0. The Morgan fingerprint density at radius 3 is 2.73 bits per heavy atom. The highest BCUT2D eigenvalue weighted by Gasteiger charge is 2.21. The molecule has 0 spiro atoms. The van der Waals surface area contributed by atoms with Crippen molar-refractivity contribution in [3.63, 3.8) is 0 Å². The van der Waals surface area contributed by atoms with E-state index in [2.05, 4.69) is 31.3 Å². The van der Waals surface area contributed by atoms with E-state index in [9.17, 15) is 0 Å². The molecule has 1 aromatic rings. The number of aryl methyl sites for hydroxylation is 2. The first kappa shape index (κ1) is 10.5. The summed E-state index contributed by atoms with van der Waals surface area (Å²) in [5.41, 5.74) is 3.96. The topological polar surface area (TPSA) is 21.3 Å². The molecule has 15 heavy (non-hydrogen) atoms. The minimum absolute atomic E-state index is 0.487. The number of rotatable bonds is 2. The van der Waals surface area contributed by atoms with Crippen molar-refractivity contribution >= 4 is 0 Å². The summed E-state index contributed by atoms with van der Waals surface area (Å²) in [4.78, 5) is 0. The van der Waals surface area contributed by atoms with Crippen molar-refractivity contribution in [1.29, 1.82) is 0 Å². The van der Waals surface area contributed by atoms with E-state index in [1.165, 1.54) is 29.5 Å². The van der Waals surface area contributed by atoms with E-state index in [1.807, 2.05) is 0 Å². The van der Waals surface area contributed by atoms with E-state index in [1.54, 1.807) is 7.11 Å². The molecule has 0 radical (unpaired) electrons. The monoisotopic (exact) mass is 205 g/mol. The molecule has 0 unspecified atom stereocenters. The highest BCUT2D eigenvalue weighted by Crippen LogP contribution is 2.34. The Morgan fingerprint density at radius 2 is 2.13 bits per heavy atom. The van der Waals surface area contributed by atoms with Gasteiger partial charge >= 0.3 is 0 Å². The van der Waals surface area contributed by atoms with Crippen LogP contribution in [0.1, 0.15) is 35.6 Å². The zero-order valence-corrected chi connectivity index (χ0v) is 9.76. The van der Waals surface area contributed by atoms with Crippen LogP contribution in [0.2, 0.25) is 0 Å². The number of hydrogen-bond acceptors (Lipinski definition) is 2. The Hall–Kier alpha value is -1.02. The molecule has 1 heterocycles. The smallest absolute Gasteiger partial charge is 0.124 e. The van der Waals surface area contributed by atoms with Gasteiger partial charge in [-0.15, -0.1) is 0 Å². The van der Waals surface area contributed by atoms with Crippen LogP contribution in [0.5, 0.6) is 5.75 Å². The molecule has 0 saturated carbocycles. The van der Waals surface area contributed by atoms with Crippen molar-refractivity contribution in [3.8, 4) is 5.75 Å². The van der Waals surface area contributed by atoms with Crippen LogP contribution >= 0.6 is 0 Å². The van der Waals surface area contributed by atoms with Gasteiger partial charge in [0.2, 0.25) is 0 Å². The summed E-state index contributed by atoms with van der Waals surface area (Å²) in [5.74, 6) is 1.03. The van der Waals surface area contributed by atoms with Crippen LogP contribution in [-0.4, -0.2) is 13.7 Å². The lowest BCUT2D eigenvalue weighted by molar-refractivity contribution is 0.402. The van der Waals surface area contributed by atoms with Crippen molar-refractivity contribution in [1.82, 2.24) is 5.32 Å². The van der Waals surface area contributed by atoms with Crippen LogP contribution in [0.25, 0.3) is 0 Å². The fourth-order valence-corrected chi connectivity index (χ4v) is 2.49. The Bertz CT molecular complexity index is 354. The lowest BCUT2D eigenvalue weighted by Gasteiger charge is -2.18. The SMILES string of the molecule is COc1cc(C)cc(C)c1[C@H]1CCCN1. The molecule has 2 heteroatoms. The highest BCUT2D eigenvalue weighted by atomic mass is 16.5. The number of benzene rings is 1. The second-order valence-corrected chi connectivity index (χ2v) is 4.35. The van der Waals surface area contributed by atoms with E-state index in [4.69, 9.17) is 4.74 Å². The third-order valence-corrected chi connectivity index (χ3v) is 3.12. The molecule has 2 rings (SSSR count). The summed E-state index contributed by atoms with van der Waals surface area (Å²) in [5, 5.41) is 3.53. The van der Waals surface area contributed by atoms with Crippen molar-refractivity contribution in [2.45, 2.75) is 32.7 Å². The zero-order chi connectivity index (χ0) is 10.8. The molecule has 1 saturated heterocycles. The fraction of sp³-hybridized carbons (Fsp3) is 0.538. The first-order valence-corrected chi connectivity index (χ1v) is 5.61. The van der Waals surface area contributed by atoms with E-state index in [0.717, 1.165) is 12.3 Å². The van der Waals surface area contributed by atoms with Crippen molar-refractivity contribution < 1.29 is 4.74 Å². The molecule has 2 nitrogen and oxygen atoms in total. The molecule has 1 aliphatic rings. The lowest BCUT2D eigenvalue weighted by atomic mass is 9.97. The first-order valence-electron chi connectivity index (χ1n) is 5.61. The van der Waals surface area contributed by atoms with E-state index < -0.39 is 0 Å². The molecule has 1 N–H and O–H groups in total. The van der Waals surface area contributed by atoms with Gasteiger partial charge in [-0.1, -0.05) is 6.07 Å². The third-order valence-electron chi connectivity index (χ3n) is 3.12. The quantitative estimate of drug-likeness (QED) is 0.801. The fourth-order valence-electron chi connectivity index (χ4n) is 2.49. The number of nitrogens with one attached hydrogen (secondary N) is 1. The van der Waals surface area contributed by atoms with Gasteiger partial charge in [-0.25, -0.2) is 0 Å². The molecular weight excluding hydrogens is 186 g/mol. The summed E-state index contributed by atoms with van der Waals surface area (Å²) in [6.45, 7) is 5.41. The molecule has 0 bridgehead atoms. The summed E-state index contributed by atoms with van der Waals surface area (Å²) in [7, 11) is 1.76. The van der Waals surface area contributed by atoms with E-state index >= 15 is 0 Å². The second kappa shape index (κ2) is 4.23. The molecule has 0 aliphatic carbocycles. The number of methoxy groups -OCH3 is 1. The largest absolute Gasteiger partial charge is 0.496 e. The minimum atomic E-state index is 0.487. The lowest BCUT2D eigenvalue weighted by Crippen LogP contribution is -2.15. The van der Waals surface area contributed by atoms with Gasteiger partial charge in [0, 0.05) is 11.6 Å². The van der Waals surface area contributed by atoms with Gasteiger partial charge in [-0.3, -0.25) is 0 Å². The predicted molar refractivity (Wildman–Crippen MR) is 62.4 cm³/mol. The van der Waals surface area contributed by atoms with Gasteiger partial charge in [-0.05, 0) is 50.4 Å². The molecule has 1 atom stereocenters. The minimum Gasteiger partial charge on any atom is -0.496 e. The summed E-state index contributed by atoms with van der Waals surface area (Å²) in [6, 6.07) is 4.85. The van der Waals surface area contributed by atoms with Crippen LogP contribution in [0.4, 0.5) is 0 Å². The van der Waals surface area contributed by atoms with Crippen molar-refractivity contribution in [2.75, 3.05) is 13.7 Å². The Balaban J connectivity index is 2.43.